The first-order valence-electron chi connectivity index (χ1n) is 6.70. The summed E-state index contributed by atoms with van der Waals surface area (Å²) in [6, 6.07) is 8.67. The van der Waals surface area contributed by atoms with Gasteiger partial charge in [-0.05, 0) is 51.4 Å². The predicted octanol–water partition coefficient (Wildman–Crippen LogP) is 2.67. The third-order valence-electron chi connectivity index (χ3n) is 4.20. The molecule has 0 aliphatic carbocycles. The molecular formula is C15H17BFNO2. The van der Waals surface area contributed by atoms with Crippen molar-refractivity contribution in [2.75, 3.05) is 0 Å². The average Bonchev–Trinajstić information content (AvgIpc) is 2.58. The van der Waals surface area contributed by atoms with Gasteiger partial charge in [0.25, 0.3) is 0 Å². The molecule has 1 aliphatic rings. The Morgan fingerprint density at radius 3 is 2.30 bits per heavy atom. The maximum absolute atomic E-state index is 13.1. The summed E-state index contributed by atoms with van der Waals surface area (Å²) in [5, 5.41) is 0.874. The minimum Gasteiger partial charge on any atom is -0.399 e. The van der Waals surface area contributed by atoms with Crippen LogP contribution in [0.1, 0.15) is 27.7 Å². The van der Waals surface area contributed by atoms with Gasteiger partial charge in [0.05, 0.1) is 16.7 Å². The lowest BCUT2D eigenvalue weighted by molar-refractivity contribution is 0.00578. The van der Waals surface area contributed by atoms with E-state index >= 15 is 0 Å². The predicted molar refractivity (Wildman–Crippen MR) is 77.4 cm³/mol. The van der Waals surface area contributed by atoms with Gasteiger partial charge in [-0.3, -0.25) is 0 Å². The summed E-state index contributed by atoms with van der Waals surface area (Å²) in [7, 11) is -0.408. The van der Waals surface area contributed by atoms with E-state index in [1.165, 1.54) is 6.07 Å². The Morgan fingerprint density at radius 1 is 1.00 bits per heavy atom. The first-order chi connectivity index (χ1) is 9.28. The van der Waals surface area contributed by atoms with E-state index in [2.05, 4.69) is 4.98 Å². The van der Waals surface area contributed by atoms with E-state index in [1.54, 1.807) is 12.1 Å². The number of benzene rings is 1. The first-order valence-corrected chi connectivity index (χ1v) is 6.70. The minimum absolute atomic E-state index is 0.367. The zero-order valence-corrected chi connectivity index (χ0v) is 12.1. The highest BCUT2D eigenvalue weighted by Gasteiger charge is 2.51. The summed E-state index contributed by atoms with van der Waals surface area (Å²) in [5.41, 5.74) is 0.816. The molecule has 1 fully saturated rings. The van der Waals surface area contributed by atoms with Crippen molar-refractivity contribution >= 4 is 23.5 Å². The molecule has 5 heteroatoms. The van der Waals surface area contributed by atoms with Crippen LogP contribution in [-0.4, -0.2) is 23.3 Å². The zero-order chi connectivity index (χ0) is 14.5. The Hall–Kier alpha value is -1.46. The van der Waals surface area contributed by atoms with Crippen molar-refractivity contribution in [1.82, 2.24) is 4.98 Å². The maximum Gasteiger partial charge on any atom is 0.494 e. The van der Waals surface area contributed by atoms with Gasteiger partial charge in [0, 0.05) is 5.39 Å². The van der Waals surface area contributed by atoms with Gasteiger partial charge in [0.1, 0.15) is 0 Å². The van der Waals surface area contributed by atoms with Crippen LogP contribution in [0.15, 0.2) is 30.3 Å². The van der Waals surface area contributed by atoms with Crippen molar-refractivity contribution in [3.8, 4) is 0 Å². The standard InChI is InChI=1S/C15H17BFNO2/c1-14(2)15(3,4)20-16(19-14)11-6-7-12-10(9-11)5-8-13(17)18-12/h5-9H,1-4H3. The van der Waals surface area contributed by atoms with Crippen molar-refractivity contribution in [2.24, 2.45) is 0 Å². The summed E-state index contributed by atoms with van der Waals surface area (Å²) >= 11 is 0. The van der Waals surface area contributed by atoms with Crippen LogP contribution in [0.4, 0.5) is 4.39 Å². The van der Waals surface area contributed by atoms with Crippen LogP contribution >= 0.6 is 0 Å². The van der Waals surface area contributed by atoms with Crippen LogP contribution in [0.5, 0.6) is 0 Å². The lowest BCUT2D eigenvalue weighted by atomic mass is 9.78. The summed E-state index contributed by atoms with van der Waals surface area (Å²) in [6.45, 7) is 8.08. The summed E-state index contributed by atoms with van der Waals surface area (Å²) in [6.07, 6.45) is 0. The first kappa shape index (κ1) is 13.5. The van der Waals surface area contributed by atoms with E-state index in [-0.39, 0.29) is 11.2 Å². The van der Waals surface area contributed by atoms with Crippen LogP contribution < -0.4 is 5.46 Å². The van der Waals surface area contributed by atoms with Crippen LogP contribution in [0, 0.1) is 5.95 Å². The van der Waals surface area contributed by atoms with Crippen LogP contribution in [0.3, 0.4) is 0 Å². The Bertz CT molecular complexity index is 656. The second kappa shape index (κ2) is 4.27. The highest BCUT2D eigenvalue weighted by atomic mass is 19.1. The van der Waals surface area contributed by atoms with Gasteiger partial charge in [-0.25, -0.2) is 4.98 Å². The molecule has 2 heterocycles. The molecule has 0 saturated carbocycles. The SMILES string of the molecule is CC1(C)OB(c2ccc3nc(F)ccc3c2)OC1(C)C. The van der Waals surface area contributed by atoms with Crippen molar-refractivity contribution in [3.05, 3.63) is 36.3 Å². The second-order valence-corrected chi connectivity index (χ2v) is 6.17. The molecule has 104 valence electrons. The van der Waals surface area contributed by atoms with Gasteiger partial charge < -0.3 is 9.31 Å². The van der Waals surface area contributed by atoms with E-state index in [4.69, 9.17) is 9.31 Å². The number of aromatic nitrogens is 1. The van der Waals surface area contributed by atoms with Gasteiger partial charge in [0.15, 0.2) is 0 Å². The van der Waals surface area contributed by atoms with Crippen molar-refractivity contribution in [1.29, 1.82) is 0 Å². The van der Waals surface area contributed by atoms with Crippen LogP contribution in [-0.2, 0) is 9.31 Å². The number of nitrogens with zero attached hydrogens (tertiary/aromatic N) is 1. The van der Waals surface area contributed by atoms with Gasteiger partial charge in [-0.2, -0.15) is 4.39 Å². The maximum atomic E-state index is 13.1. The monoisotopic (exact) mass is 273 g/mol. The van der Waals surface area contributed by atoms with E-state index in [9.17, 15) is 4.39 Å². The molecule has 3 rings (SSSR count). The van der Waals surface area contributed by atoms with Crippen LogP contribution in [0.25, 0.3) is 10.9 Å². The van der Waals surface area contributed by atoms with Crippen molar-refractivity contribution < 1.29 is 13.7 Å². The fraction of sp³-hybridized carbons (Fsp3) is 0.400. The molecule has 1 saturated heterocycles. The lowest BCUT2D eigenvalue weighted by Crippen LogP contribution is -2.41. The molecule has 0 atom stereocenters. The molecule has 20 heavy (non-hydrogen) atoms. The van der Waals surface area contributed by atoms with Crippen molar-refractivity contribution in [3.63, 3.8) is 0 Å². The molecule has 0 unspecified atom stereocenters. The van der Waals surface area contributed by atoms with Crippen molar-refractivity contribution in [2.45, 2.75) is 38.9 Å². The van der Waals surface area contributed by atoms with Gasteiger partial charge in [-0.1, -0.05) is 12.1 Å². The fourth-order valence-electron chi connectivity index (χ4n) is 2.24. The third-order valence-corrected chi connectivity index (χ3v) is 4.20. The third kappa shape index (κ3) is 2.11. The topological polar surface area (TPSA) is 31.4 Å². The molecule has 2 aromatic rings. The van der Waals surface area contributed by atoms with Gasteiger partial charge >= 0.3 is 7.12 Å². The van der Waals surface area contributed by atoms with E-state index in [0.29, 0.717) is 5.52 Å². The lowest BCUT2D eigenvalue weighted by Gasteiger charge is -2.32. The highest BCUT2D eigenvalue weighted by molar-refractivity contribution is 6.62. The number of hydrogen-bond acceptors (Lipinski definition) is 3. The molecular weight excluding hydrogens is 256 g/mol. The number of rotatable bonds is 1. The second-order valence-electron chi connectivity index (χ2n) is 6.17. The van der Waals surface area contributed by atoms with Gasteiger partial charge in [-0.15, -0.1) is 0 Å². The highest BCUT2D eigenvalue weighted by Crippen LogP contribution is 2.36. The van der Waals surface area contributed by atoms with Gasteiger partial charge in [0.2, 0.25) is 5.95 Å². The Morgan fingerprint density at radius 2 is 1.65 bits per heavy atom. The number of pyridine rings is 1. The number of fused-ring (bicyclic) bond motifs is 1. The number of halogens is 1. The molecule has 0 radical (unpaired) electrons. The molecule has 1 aromatic carbocycles. The van der Waals surface area contributed by atoms with Crippen LogP contribution in [0.2, 0.25) is 0 Å². The summed E-state index contributed by atoms with van der Waals surface area (Å²) < 4.78 is 25.1. The molecule has 1 aromatic heterocycles. The average molecular weight is 273 g/mol. The Labute approximate surface area is 118 Å². The van der Waals surface area contributed by atoms with E-state index in [1.807, 2.05) is 39.8 Å². The zero-order valence-electron chi connectivity index (χ0n) is 12.1. The summed E-state index contributed by atoms with van der Waals surface area (Å²) in [4.78, 5) is 3.85. The molecule has 3 nitrogen and oxygen atoms in total. The van der Waals surface area contributed by atoms with E-state index in [0.717, 1.165) is 10.8 Å². The fourth-order valence-corrected chi connectivity index (χ4v) is 2.24. The summed E-state index contributed by atoms with van der Waals surface area (Å²) in [5.74, 6) is -0.471. The quantitative estimate of drug-likeness (QED) is 0.591. The Kier molecular flexibility index (Phi) is 2.89. The normalized spacial score (nSPS) is 20.6. The molecule has 0 amide bonds. The largest absolute Gasteiger partial charge is 0.494 e. The molecule has 1 aliphatic heterocycles. The molecule has 0 N–H and O–H groups in total. The number of hydrogen-bond donors (Lipinski definition) is 0. The van der Waals surface area contributed by atoms with E-state index < -0.39 is 13.1 Å². The minimum atomic E-state index is -0.471. The smallest absolute Gasteiger partial charge is 0.399 e. The molecule has 0 bridgehead atoms. The Balaban J connectivity index is 1.98. The molecule has 0 spiro atoms.